The predicted molar refractivity (Wildman–Crippen MR) is 112 cm³/mol. The minimum absolute atomic E-state index is 0.00467. The van der Waals surface area contributed by atoms with E-state index in [0.29, 0.717) is 24.1 Å². The minimum Gasteiger partial charge on any atom is -0.497 e. The number of benzene rings is 1. The van der Waals surface area contributed by atoms with Crippen LogP contribution in [0.5, 0.6) is 5.75 Å². The first-order valence-corrected chi connectivity index (χ1v) is 10.3. The van der Waals surface area contributed by atoms with Gasteiger partial charge in [-0.2, -0.15) is 0 Å². The van der Waals surface area contributed by atoms with E-state index in [4.69, 9.17) is 4.74 Å². The van der Waals surface area contributed by atoms with Gasteiger partial charge in [0.2, 0.25) is 11.8 Å². The number of likely N-dealkylation sites (N-methyl/N-ethyl adjacent to an activating group) is 1. The van der Waals surface area contributed by atoms with Crippen LogP contribution in [0.3, 0.4) is 0 Å². The van der Waals surface area contributed by atoms with E-state index in [2.05, 4.69) is 24.5 Å². The van der Waals surface area contributed by atoms with Crippen molar-refractivity contribution >= 4 is 17.5 Å². The van der Waals surface area contributed by atoms with E-state index >= 15 is 0 Å². The molecule has 156 valence electrons. The van der Waals surface area contributed by atoms with Crippen LogP contribution in [-0.2, 0) is 9.59 Å². The standard InChI is InChI=1S/C22H35N3O3/c1-6-25(14-21(26)23-18-10-12-19(28-5)13-11-18)17(4)22(27)24-20-9-7-8-15(2)16(20)3/h10-13,15-17,20H,6-9,14H2,1-5H3,(H,23,26)(H,24,27)/t15-,16-,17+,20+/m0/s1. The maximum atomic E-state index is 12.8. The molecule has 1 saturated carbocycles. The number of rotatable bonds is 8. The second-order valence-electron chi connectivity index (χ2n) is 7.90. The average Bonchev–Trinajstić information content (AvgIpc) is 2.69. The van der Waals surface area contributed by atoms with E-state index in [1.54, 1.807) is 31.4 Å². The lowest BCUT2D eigenvalue weighted by molar-refractivity contribution is -0.128. The molecule has 0 heterocycles. The highest BCUT2D eigenvalue weighted by atomic mass is 16.5. The molecule has 0 bridgehead atoms. The molecule has 4 atom stereocenters. The quantitative estimate of drug-likeness (QED) is 0.716. The molecule has 1 aliphatic carbocycles. The molecule has 6 nitrogen and oxygen atoms in total. The first-order chi connectivity index (χ1) is 13.3. The molecular formula is C22H35N3O3. The normalized spacial score (nSPS) is 23.1. The molecule has 0 unspecified atom stereocenters. The highest BCUT2D eigenvalue weighted by Gasteiger charge is 2.30. The average molecular weight is 390 g/mol. The van der Waals surface area contributed by atoms with Crippen LogP contribution in [0, 0.1) is 11.8 Å². The molecule has 2 rings (SSSR count). The second-order valence-corrected chi connectivity index (χ2v) is 7.90. The van der Waals surface area contributed by atoms with Crippen molar-refractivity contribution in [2.45, 2.75) is 59.0 Å². The number of methoxy groups -OCH3 is 1. The van der Waals surface area contributed by atoms with Crippen molar-refractivity contribution in [1.82, 2.24) is 10.2 Å². The van der Waals surface area contributed by atoms with Gasteiger partial charge in [-0.05, 0) is 56.0 Å². The molecule has 28 heavy (non-hydrogen) atoms. The zero-order valence-corrected chi connectivity index (χ0v) is 17.8. The van der Waals surface area contributed by atoms with Crippen molar-refractivity contribution in [3.8, 4) is 5.75 Å². The smallest absolute Gasteiger partial charge is 0.238 e. The highest BCUT2D eigenvalue weighted by molar-refractivity contribution is 5.93. The van der Waals surface area contributed by atoms with Crippen molar-refractivity contribution in [3.63, 3.8) is 0 Å². The van der Waals surface area contributed by atoms with Gasteiger partial charge in [0.15, 0.2) is 0 Å². The molecule has 0 radical (unpaired) electrons. The van der Waals surface area contributed by atoms with Crippen LogP contribution in [0.1, 0.15) is 47.0 Å². The summed E-state index contributed by atoms with van der Waals surface area (Å²) in [4.78, 5) is 27.1. The van der Waals surface area contributed by atoms with Crippen molar-refractivity contribution in [2.24, 2.45) is 11.8 Å². The minimum atomic E-state index is -0.351. The van der Waals surface area contributed by atoms with Crippen LogP contribution in [0.15, 0.2) is 24.3 Å². The zero-order valence-electron chi connectivity index (χ0n) is 17.8. The molecule has 1 aromatic rings. The van der Waals surface area contributed by atoms with Crippen molar-refractivity contribution in [3.05, 3.63) is 24.3 Å². The van der Waals surface area contributed by atoms with Gasteiger partial charge in [-0.25, -0.2) is 0 Å². The Balaban J connectivity index is 1.89. The van der Waals surface area contributed by atoms with Crippen LogP contribution < -0.4 is 15.4 Å². The molecule has 0 saturated heterocycles. The molecule has 6 heteroatoms. The van der Waals surface area contributed by atoms with E-state index in [1.165, 1.54) is 6.42 Å². The molecule has 1 aliphatic rings. The van der Waals surface area contributed by atoms with E-state index in [9.17, 15) is 9.59 Å². The Labute approximate surface area is 169 Å². The Bertz CT molecular complexity index is 647. The Kier molecular flexibility index (Phi) is 8.30. The van der Waals surface area contributed by atoms with Gasteiger partial charge in [0.05, 0.1) is 19.7 Å². The fourth-order valence-corrected chi connectivity index (χ4v) is 3.84. The predicted octanol–water partition coefficient (Wildman–Crippen LogP) is 3.29. The van der Waals surface area contributed by atoms with Gasteiger partial charge >= 0.3 is 0 Å². The van der Waals surface area contributed by atoms with E-state index in [-0.39, 0.29) is 30.4 Å². The molecule has 0 aromatic heterocycles. The molecule has 2 amide bonds. The summed E-state index contributed by atoms with van der Waals surface area (Å²) in [5, 5.41) is 6.10. The summed E-state index contributed by atoms with van der Waals surface area (Å²) in [5.41, 5.74) is 0.712. The molecule has 1 fully saturated rings. The Morgan fingerprint density at radius 2 is 1.89 bits per heavy atom. The van der Waals surface area contributed by atoms with E-state index < -0.39 is 0 Å². The van der Waals surface area contributed by atoms with Crippen LogP contribution in [0.4, 0.5) is 5.69 Å². The summed E-state index contributed by atoms with van der Waals surface area (Å²) in [6.45, 7) is 9.12. The van der Waals surface area contributed by atoms with Crippen molar-refractivity contribution in [2.75, 3.05) is 25.5 Å². The summed E-state index contributed by atoms with van der Waals surface area (Å²) in [5.74, 6) is 1.73. The SMILES string of the molecule is CCN(CC(=O)Nc1ccc(OC)cc1)[C@H](C)C(=O)N[C@@H]1CCC[C@H](C)[C@@H]1C. The van der Waals surface area contributed by atoms with Gasteiger partial charge in [-0.3, -0.25) is 14.5 Å². The molecule has 2 N–H and O–H groups in total. The van der Waals surface area contributed by atoms with Crippen LogP contribution >= 0.6 is 0 Å². The Morgan fingerprint density at radius 1 is 1.21 bits per heavy atom. The fourth-order valence-electron chi connectivity index (χ4n) is 3.84. The van der Waals surface area contributed by atoms with Crippen LogP contribution in [0.2, 0.25) is 0 Å². The third-order valence-electron chi connectivity index (χ3n) is 6.09. The Hall–Kier alpha value is -2.08. The van der Waals surface area contributed by atoms with Crippen molar-refractivity contribution < 1.29 is 14.3 Å². The second kappa shape index (κ2) is 10.5. The van der Waals surface area contributed by atoms with Gasteiger partial charge < -0.3 is 15.4 Å². The number of ether oxygens (including phenoxy) is 1. The third-order valence-corrected chi connectivity index (χ3v) is 6.09. The first kappa shape index (κ1) is 22.2. The van der Waals surface area contributed by atoms with Gasteiger partial charge in [-0.15, -0.1) is 0 Å². The number of hydrogen-bond acceptors (Lipinski definition) is 4. The zero-order chi connectivity index (χ0) is 20.7. The molecule has 1 aromatic carbocycles. The molecule has 0 spiro atoms. The van der Waals surface area contributed by atoms with E-state index in [1.807, 2.05) is 18.7 Å². The highest BCUT2D eigenvalue weighted by Crippen LogP contribution is 2.29. The molecular weight excluding hydrogens is 354 g/mol. The number of carbonyl (C=O) groups is 2. The fraction of sp³-hybridized carbons (Fsp3) is 0.636. The summed E-state index contributed by atoms with van der Waals surface area (Å²) in [6.07, 6.45) is 3.43. The summed E-state index contributed by atoms with van der Waals surface area (Å²) >= 11 is 0. The summed E-state index contributed by atoms with van der Waals surface area (Å²) in [6, 6.07) is 7.08. The summed E-state index contributed by atoms with van der Waals surface area (Å²) < 4.78 is 5.12. The number of hydrogen-bond donors (Lipinski definition) is 2. The number of nitrogens with one attached hydrogen (secondary N) is 2. The summed E-state index contributed by atoms with van der Waals surface area (Å²) in [7, 11) is 1.61. The number of amides is 2. The van der Waals surface area contributed by atoms with Crippen molar-refractivity contribution in [1.29, 1.82) is 0 Å². The van der Waals surface area contributed by atoms with Gasteiger partial charge in [0.1, 0.15) is 5.75 Å². The lowest BCUT2D eigenvalue weighted by Gasteiger charge is -2.36. The molecule has 0 aliphatic heterocycles. The van der Waals surface area contributed by atoms with Gasteiger partial charge in [0, 0.05) is 11.7 Å². The van der Waals surface area contributed by atoms with Crippen LogP contribution in [-0.4, -0.2) is 49.0 Å². The monoisotopic (exact) mass is 389 g/mol. The largest absolute Gasteiger partial charge is 0.497 e. The lowest BCUT2D eigenvalue weighted by Crippen LogP contribution is -2.52. The van der Waals surface area contributed by atoms with E-state index in [0.717, 1.165) is 18.6 Å². The number of anilines is 1. The maximum absolute atomic E-state index is 12.8. The van der Waals surface area contributed by atoms with Crippen LogP contribution in [0.25, 0.3) is 0 Å². The number of carbonyl (C=O) groups excluding carboxylic acids is 2. The topological polar surface area (TPSA) is 70.7 Å². The first-order valence-electron chi connectivity index (χ1n) is 10.3. The Morgan fingerprint density at radius 3 is 2.50 bits per heavy atom. The lowest BCUT2D eigenvalue weighted by atomic mass is 9.78. The maximum Gasteiger partial charge on any atom is 0.238 e. The van der Waals surface area contributed by atoms with Gasteiger partial charge in [-0.1, -0.05) is 33.6 Å². The third kappa shape index (κ3) is 5.96. The number of nitrogens with zero attached hydrogens (tertiary/aromatic N) is 1. The van der Waals surface area contributed by atoms with Gasteiger partial charge in [0.25, 0.3) is 0 Å².